The summed E-state index contributed by atoms with van der Waals surface area (Å²) < 4.78 is 19.4. The summed E-state index contributed by atoms with van der Waals surface area (Å²) in [5.41, 5.74) is 5.32. The van der Waals surface area contributed by atoms with Crippen LogP contribution in [0.4, 0.5) is 4.39 Å². The van der Waals surface area contributed by atoms with Gasteiger partial charge in [0.25, 0.3) is 0 Å². The summed E-state index contributed by atoms with van der Waals surface area (Å²) in [5.74, 6) is 1.02. The number of fused-ring (bicyclic) bond motifs is 1. The molecule has 0 saturated carbocycles. The van der Waals surface area contributed by atoms with Crippen LogP contribution in [-0.4, -0.2) is 50.2 Å². The SMILES string of the molecule is CNCCN1CCC(c2ccc3[nH]c(-c4cc(F)ccc4OC)c(C)c3c2)CC1. The van der Waals surface area contributed by atoms with Gasteiger partial charge in [-0.1, -0.05) is 6.07 Å². The Kier molecular flexibility index (Phi) is 5.88. The molecule has 154 valence electrons. The number of methoxy groups -OCH3 is 1. The van der Waals surface area contributed by atoms with Crippen LogP contribution >= 0.6 is 0 Å². The fourth-order valence-corrected chi connectivity index (χ4v) is 4.50. The summed E-state index contributed by atoms with van der Waals surface area (Å²) in [6.45, 7) is 6.58. The van der Waals surface area contributed by atoms with Crippen LogP contribution in [0.5, 0.6) is 5.75 Å². The van der Waals surface area contributed by atoms with E-state index in [0.717, 1.165) is 48.5 Å². The van der Waals surface area contributed by atoms with E-state index in [1.54, 1.807) is 19.2 Å². The normalized spacial score (nSPS) is 15.9. The molecule has 4 nitrogen and oxygen atoms in total. The molecule has 4 rings (SSSR count). The highest BCUT2D eigenvalue weighted by molar-refractivity contribution is 5.92. The number of hydrogen-bond donors (Lipinski definition) is 2. The zero-order chi connectivity index (χ0) is 20.4. The number of H-pyrrole nitrogens is 1. The van der Waals surface area contributed by atoms with Gasteiger partial charge in [0.05, 0.1) is 12.8 Å². The smallest absolute Gasteiger partial charge is 0.128 e. The Balaban J connectivity index is 1.61. The van der Waals surface area contributed by atoms with Crippen LogP contribution < -0.4 is 10.1 Å². The van der Waals surface area contributed by atoms with Gasteiger partial charge in [0.1, 0.15) is 11.6 Å². The number of ether oxygens (including phenoxy) is 1. The standard InChI is InChI=1S/C24H30FN3O/c1-16-20-14-18(17-8-11-28(12-9-17)13-10-26-2)4-6-22(20)27-24(16)21-15-19(25)5-7-23(21)29-3/h4-7,14-15,17,26-27H,8-13H2,1-3H3. The van der Waals surface area contributed by atoms with Gasteiger partial charge in [0.15, 0.2) is 0 Å². The van der Waals surface area contributed by atoms with E-state index in [4.69, 9.17) is 4.74 Å². The molecule has 5 heteroatoms. The van der Waals surface area contributed by atoms with Crippen molar-refractivity contribution in [3.05, 3.63) is 53.3 Å². The lowest BCUT2D eigenvalue weighted by molar-refractivity contribution is 0.214. The van der Waals surface area contributed by atoms with Crippen molar-refractivity contribution >= 4 is 10.9 Å². The number of hydrogen-bond acceptors (Lipinski definition) is 3. The second-order valence-electron chi connectivity index (χ2n) is 7.99. The van der Waals surface area contributed by atoms with Crippen molar-refractivity contribution in [3.8, 4) is 17.0 Å². The second kappa shape index (κ2) is 8.56. The van der Waals surface area contributed by atoms with Crippen molar-refractivity contribution in [2.45, 2.75) is 25.7 Å². The summed E-state index contributed by atoms with van der Waals surface area (Å²) >= 11 is 0. The van der Waals surface area contributed by atoms with E-state index in [9.17, 15) is 4.39 Å². The van der Waals surface area contributed by atoms with Crippen molar-refractivity contribution in [1.82, 2.24) is 15.2 Å². The van der Waals surface area contributed by atoms with Crippen LogP contribution in [0.1, 0.15) is 29.9 Å². The molecule has 0 amide bonds. The van der Waals surface area contributed by atoms with Crippen LogP contribution in [-0.2, 0) is 0 Å². The van der Waals surface area contributed by atoms with Crippen molar-refractivity contribution in [2.24, 2.45) is 0 Å². The van der Waals surface area contributed by atoms with Gasteiger partial charge in [-0.15, -0.1) is 0 Å². The molecule has 0 atom stereocenters. The number of nitrogens with one attached hydrogen (secondary N) is 2. The van der Waals surface area contributed by atoms with Crippen molar-refractivity contribution in [1.29, 1.82) is 0 Å². The molecule has 1 aliphatic heterocycles. The first-order valence-corrected chi connectivity index (χ1v) is 10.4. The van der Waals surface area contributed by atoms with Gasteiger partial charge in [-0.25, -0.2) is 4.39 Å². The number of aryl methyl sites for hydroxylation is 1. The molecule has 1 fully saturated rings. The van der Waals surface area contributed by atoms with Gasteiger partial charge in [0.2, 0.25) is 0 Å². The Labute approximate surface area is 172 Å². The van der Waals surface area contributed by atoms with Gasteiger partial charge in [0, 0.05) is 29.6 Å². The number of nitrogens with zero attached hydrogens (tertiary/aromatic N) is 1. The van der Waals surface area contributed by atoms with Gasteiger partial charge in [-0.2, -0.15) is 0 Å². The average molecular weight is 396 g/mol. The number of piperidine rings is 1. The number of aromatic nitrogens is 1. The molecule has 0 aliphatic carbocycles. The third kappa shape index (κ3) is 4.02. The molecule has 0 bridgehead atoms. The highest BCUT2D eigenvalue weighted by atomic mass is 19.1. The first-order valence-electron chi connectivity index (χ1n) is 10.4. The molecule has 2 heterocycles. The van der Waals surface area contributed by atoms with Gasteiger partial charge < -0.3 is 19.9 Å². The van der Waals surface area contributed by atoms with E-state index in [-0.39, 0.29) is 5.82 Å². The quantitative estimate of drug-likeness (QED) is 0.636. The predicted octanol–water partition coefficient (Wildman–Crippen LogP) is 4.69. The monoisotopic (exact) mass is 395 g/mol. The van der Waals surface area contributed by atoms with Crippen molar-refractivity contribution in [3.63, 3.8) is 0 Å². The molecular weight excluding hydrogens is 365 g/mol. The second-order valence-corrected chi connectivity index (χ2v) is 7.99. The van der Waals surface area contributed by atoms with E-state index in [1.165, 1.54) is 29.9 Å². The predicted molar refractivity (Wildman–Crippen MR) is 117 cm³/mol. The summed E-state index contributed by atoms with van der Waals surface area (Å²) in [6, 6.07) is 11.4. The number of halogens is 1. The molecule has 0 radical (unpaired) electrons. The van der Waals surface area contributed by atoms with Crippen LogP contribution in [0, 0.1) is 12.7 Å². The molecule has 2 N–H and O–H groups in total. The third-order valence-corrected chi connectivity index (χ3v) is 6.25. The molecule has 29 heavy (non-hydrogen) atoms. The van der Waals surface area contributed by atoms with Gasteiger partial charge in [-0.05, 0) is 87.3 Å². The third-order valence-electron chi connectivity index (χ3n) is 6.25. The number of benzene rings is 2. The molecule has 0 spiro atoms. The minimum Gasteiger partial charge on any atom is -0.496 e. The van der Waals surface area contributed by atoms with Crippen molar-refractivity contribution in [2.75, 3.05) is 40.3 Å². The molecule has 0 unspecified atom stereocenters. The van der Waals surface area contributed by atoms with E-state index < -0.39 is 0 Å². The Hall–Kier alpha value is -2.37. The zero-order valence-electron chi connectivity index (χ0n) is 17.5. The van der Waals surface area contributed by atoms with E-state index in [1.807, 2.05) is 7.05 Å². The number of aromatic amines is 1. The molecule has 1 aromatic heterocycles. The van der Waals surface area contributed by atoms with E-state index >= 15 is 0 Å². The van der Waals surface area contributed by atoms with Crippen molar-refractivity contribution < 1.29 is 9.13 Å². The average Bonchev–Trinajstić information content (AvgIpc) is 3.08. The fraction of sp³-hybridized carbons (Fsp3) is 0.417. The summed E-state index contributed by atoms with van der Waals surface area (Å²) in [4.78, 5) is 6.02. The maximum absolute atomic E-state index is 13.9. The van der Waals surface area contributed by atoms with Crippen LogP contribution in [0.15, 0.2) is 36.4 Å². The number of rotatable bonds is 6. The summed E-state index contributed by atoms with van der Waals surface area (Å²) in [7, 11) is 3.63. The van der Waals surface area contributed by atoms with Crippen LogP contribution in [0.3, 0.4) is 0 Å². The summed E-state index contributed by atoms with van der Waals surface area (Å²) in [6.07, 6.45) is 2.40. The Morgan fingerprint density at radius 2 is 1.97 bits per heavy atom. The number of likely N-dealkylation sites (tertiary alicyclic amines) is 1. The lowest BCUT2D eigenvalue weighted by atomic mass is 9.88. The molecule has 1 aliphatic rings. The van der Waals surface area contributed by atoms with Crippen LogP contribution in [0.25, 0.3) is 22.2 Å². The maximum Gasteiger partial charge on any atom is 0.128 e. The Morgan fingerprint density at radius 1 is 1.17 bits per heavy atom. The molecule has 1 saturated heterocycles. The zero-order valence-corrected chi connectivity index (χ0v) is 17.5. The van der Waals surface area contributed by atoms with E-state index in [2.05, 4.69) is 40.3 Å². The minimum atomic E-state index is -0.260. The van der Waals surface area contributed by atoms with E-state index in [0.29, 0.717) is 11.7 Å². The number of likely N-dealkylation sites (N-methyl/N-ethyl adjacent to an activating group) is 1. The largest absolute Gasteiger partial charge is 0.496 e. The minimum absolute atomic E-state index is 0.260. The topological polar surface area (TPSA) is 40.3 Å². The Morgan fingerprint density at radius 3 is 2.69 bits per heavy atom. The Bertz CT molecular complexity index is 989. The molecule has 3 aromatic rings. The highest BCUT2D eigenvalue weighted by Gasteiger charge is 2.21. The summed E-state index contributed by atoms with van der Waals surface area (Å²) in [5, 5.41) is 4.44. The van der Waals surface area contributed by atoms with Gasteiger partial charge in [-0.3, -0.25) is 0 Å². The molecule has 2 aromatic carbocycles. The lowest BCUT2D eigenvalue weighted by Gasteiger charge is -2.32. The fourth-order valence-electron chi connectivity index (χ4n) is 4.50. The highest BCUT2D eigenvalue weighted by Crippen LogP contribution is 2.37. The first-order chi connectivity index (χ1) is 14.1. The molecular formula is C24H30FN3O. The maximum atomic E-state index is 13.9. The lowest BCUT2D eigenvalue weighted by Crippen LogP contribution is -2.37. The van der Waals surface area contributed by atoms with Crippen LogP contribution in [0.2, 0.25) is 0 Å². The van der Waals surface area contributed by atoms with Gasteiger partial charge >= 0.3 is 0 Å². The first kappa shape index (κ1) is 19.9.